The van der Waals surface area contributed by atoms with E-state index in [2.05, 4.69) is 5.32 Å². The van der Waals surface area contributed by atoms with Gasteiger partial charge in [-0.05, 0) is 75.6 Å². The number of hydrogen-bond donors (Lipinski definition) is 1. The Labute approximate surface area is 173 Å². The molecule has 29 heavy (non-hydrogen) atoms. The van der Waals surface area contributed by atoms with Crippen molar-refractivity contribution >= 4 is 27.3 Å². The smallest absolute Gasteiger partial charge is 0.248 e. The third-order valence-electron chi connectivity index (χ3n) is 4.43. The van der Waals surface area contributed by atoms with Crippen LogP contribution in [0.15, 0.2) is 42.5 Å². The molecule has 0 fully saturated rings. The fourth-order valence-corrected chi connectivity index (χ4v) is 4.37. The number of carbonyl (C=O) groups excluding carboxylic acids is 1. The first-order valence-electron chi connectivity index (χ1n) is 9.67. The third kappa shape index (κ3) is 5.97. The summed E-state index contributed by atoms with van der Waals surface area (Å²) < 4.78 is 32.1. The standard InChI is InChI=1S/C22H30N2O4S/c1-7-20(22(25)23-18-10-12-19(13-11-18)28-15(2)3)24(29(6,26)27)21-14-16(4)8-9-17(21)5/h8-15,20H,7H2,1-6H3,(H,23,25)/t20-/m0/s1. The quantitative estimate of drug-likeness (QED) is 0.694. The average molecular weight is 419 g/mol. The van der Waals surface area contributed by atoms with Crippen molar-refractivity contribution in [1.29, 1.82) is 0 Å². The topological polar surface area (TPSA) is 75.7 Å². The molecular formula is C22H30N2O4S. The van der Waals surface area contributed by atoms with Crippen molar-refractivity contribution in [1.82, 2.24) is 0 Å². The van der Waals surface area contributed by atoms with E-state index >= 15 is 0 Å². The molecule has 7 heteroatoms. The van der Waals surface area contributed by atoms with Gasteiger partial charge in [0.05, 0.1) is 18.0 Å². The second kappa shape index (κ2) is 9.31. The Hall–Kier alpha value is -2.54. The van der Waals surface area contributed by atoms with Crippen LogP contribution in [0.5, 0.6) is 5.75 Å². The predicted molar refractivity (Wildman–Crippen MR) is 118 cm³/mol. The Morgan fingerprint density at radius 2 is 1.72 bits per heavy atom. The van der Waals surface area contributed by atoms with Gasteiger partial charge < -0.3 is 10.1 Å². The average Bonchev–Trinajstić information content (AvgIpc) is 2.62. The number of sulfonamides is 1. The van der Waals surface area contributed by atoms with Gasteiger partial charge in [0, 0.05) is 5.69 Å². The lowest BCUT2D eigenvalue weighted by atomic mass is 10.1. The van der Waals surface area contributed by atoms with Gasteiger partial charge >= 0.3 is 0 Å². The van der Waals surface area contributed by atoms with E-state index < -0.39 is 16.1 Å². The van der Waals surface area contributed by atoms with Crippen LogP contribution in [-0.2, 0) is 14.8 Å². The number of aryl methyl sites for hydroxylation is 2. The number of ether oxygens (including phenoxy) is 1. The number of amides is 1. The molecule has 0 unspecified atom stereocenters. The molecule has 2 rings (SSSR count). The lowest BCUT2D eigenvalue weighted by molar-refractivity contribution is -0.117. The summed E-state index contributed by atoms with van der Waals surface area (Å²) >= 11 is 0. The van der Waals surface area contributed by atoms with Gasteiger partial charge in [0.2, 0.25) is 15.9 Å². The van der Waals surface area contributed by atoms with Gasteiger partial charge in [-0.25, -0.2) is 8.42 Å². The minimum Gasteiger partial charge on any atom is -0.491 e. The first kappa shape index (κ1) is 22.7. The Balaban J connectivity index is 2.32. The zero-order valence-electron chi connectivity index (χ0n) is 17.9. The maximum absolute atomic E-state index is 13.0. The zero-order valence-corrected chi connectivity index (χ0v) is 18.7. The molecule has 0 aliphatic rings. The van der Waals surface area contributed by atoms with Gasteiger partial charge in [-0.2, -0.15) is 0 Å². The van der Waals surface area contributed by atoms with Crippen molar-refractivity contribution in [3.8, 4) is 5.75 Å². The van der Waals surface area contributed by atoms with Crippen molar-refractivity contribution in [2.75, 3.05) is 15.9 Å². The first-order valence-corrected chi connectivity index (χ1v) is 11.5. The van der Waals surface area contributed by atoms with E-state index in [-0.39, 0.29) is 12.0 Å². The molecule has 0 aromatic heterocycles. The molecule has 0 aliphatic heterocycles. The highest BCUT2D eigenvalue weighted by Crippen LogP contribution is 2.28. The summed E-state index contributed by atoms with van der Waals surface area (Å²) in [6.07, 6.45) is 1.52. The lowest BCUT2D eigenvalue weighted by Crippen LogP contribution is -2.47. The Morgan fingerprint density at radius 3 is 2.24 bits per heavy atom. The minimum atomic E-state index is -3.67. The maximum atomic E-state index is 13.0. The number of anilines is 2. The van der Waals surface area contributed by atoms with Gasteiger partial charge in [-0.3, -0.25) is 9.10 Å². The van der Waals surface area contributed by atoms with Crippen LogP contribution < -0.4 is 14.4 Å². The van der Waals surface area contributed by atoms with E-state index in [0.29, 0.717) is 23.5 Å². The summed E-state index contributed by atoms with van der Waals surface area (Å²) in [5.41, 5.74) is 2.83. The van der Waals surface area contributed by atoms with E-state index in [1.54, 1.807) is 37.3 Å². The fourth-order valence-electron chi connectivity index (χ4n) is 3.11. The number of nitrogens with one attached hydrogen (secondary N) is 1. The second-order valence-corrected chi connectivity index (χ2v) is 9.31. The van der Waals surface area contributed by atoms with Crippen molar-refractivity contribution in [2.24, 2.45) is 0 Å². The lowest BCUT2D eigenvalue weighted by Gasteiger charge is -2.31. The molecule has 2 aromatic rings. The summed E-state index contributed by atoms with van der Waals surface area (Å²) in [5.74, 6) is 0.328. The number of carbonyl (C=O) groups is 1. The molecule has 0 spiro atoms. The van der Waals surface area contributed by atoms with Crippen molar-refractivity contribution in [3.63, 3.8) is 0 Å². The van der Waals surface area contributed by atoms with E-state index in [1.165, 1.54) is 4.31 Å². The van der Waals surface area contributed by atoms with Gasteiger partial charge in [-0.15, -0.1) is 0 Å². The molecule has 2 aromatic carbocycles. The molecule has 6 nitrogen and oxygen atoms in total. The minimum absolute atomic E-state index is 0.0563. The van der Waals surface area contributed by atoms with Crippen LogP contribution in [0.3, 0.4) is 0 Å². The Kier molecular flexibility index (Phi) is 7.30. The molecule has 0 aliphatic carbocycles. The molecule has 0 saturated carbocycles. The van der Waals surface area contributed by atoms with Crippen LogP contribution in [0.25, 0.3) is 0 Å². The molecular weight excluding hydrogens is 388 g/mol. The van der Waals surface area contributed by atoms with Crippen LogP contribution in [0.2, 0.25) is 0 Å². The van der Waals surface area contributed by atoms with Crippen LogP contribution in [-0.4, -0.2) is 32.7 Å². The van der Waals surface area contributed by atoms with Gasteiger partial charge in [0.1, 0.15) is 11.8 Å². The van der Waals surface area contributed by atoms with E-state index in [4.69, 9.17) is 4.74 Å². The number of rotatable bonds is 8. The first-order chi connectivity index (χ1) is 13.5. The van der Waals surface area contributed by atoms with Crippen LogP contribution >= 0.6 is 0 Å². The predicted octanol–water partition coefficient (Wildman–Crippen LogP) is 4.27. The SMILES string of the molecule is CC[C@@H](C(=O)Nc1ccc(OC(C)C)cc1)N(c1cc(C)ccc1C)S(C)(=O)=O. The Bertz CT molecular complexity index is 953. The summed E-state index contributed by atoms with van der Waals surface area (Å²) in [5, 5.41) is 2.83. The van der Waals surface area contributed by atoms with E-state index in [1.807, 2.05) is 39.8 Å². The highest BCUT2D eigenvalue weighted by Gasteiger charge is 2.32. The Morgan fingerprint density at radius 1 is 1.10 bits per heavy atom. The molecule has 158 valence electrons. The summed E-state index contributed by atoms with van der Waals surface area (Å²) in [6.45, 7) is 9.41. The van der Waals surface area contributed by atoms with Crippen LogP contribution in [0.1, 0.15) is 38.3 Å². The number of hydrogen-bond acceptors (Lipinski definition) is 4. The van der Waals surface area contributed by atoms with Gasteiger partial charge in [0.15, 0.2) is 0 Å². The number of benzene rings is 2. The van der Waals surface area contributed by atoms with Gasteiger partial charge in [-0.1, -0.05) is 19.1 Å². The van der Waals surface area contributed by atoms with E-state index in [0.717, 1.165) is 17.4 Å². The van der Waals surface area contributed by atoms with Crippen molar-refractivity contribution < 1.29 is 17.9 Å². The largest absolute Gasteiger partial charge is 0.491 e. The molecule has 1 atom stereocenters. The second-order valence-electron chi connectivity index (χ2n) is 7.45. The summed E-state index contributed by atoms with van der Waals surface area (Å²) in [7, 11) is -3.67. The highest BCUT2D eigenvalue weighted by molar-refractivity contribution is 7.92. The summed E-state index contributed by atoms with van der Waals surface area (Å²) in [6, 6.07) is 11.7. The molecule has 0 heterocycles. The highest BCUT2D eigenvalue weighted by atomic mass is 32.2. The van der Waals surface area contributed by atoms with Gasteiger partial charge in [0.25, 0.3) is 0 Å². The normalized spacial score (nSPS) is 12.5. The summed E-state index contributed by atoms with van der Waals surface area (Å²) in [4.78, 5) is 13.0. The maximum Gasteiger partial charge on any atom is 0.248 e. The van der Waals surface area contributed by atoms with Crippen LogP contribution in [0, 0.1) is 13.8 Å². The molecule has 0 radical (unpaired) electrons. The zero-order chi connectivity index (χ0) is 21.8. The monoisotopic (exact) mass is 418 g/mol. The molecule has 0 saturated heterocycles. The molecule has 1 N–H and O–H groups in total. The number of nitrogens with zero attached hydrogens (tertiary/aromatic N) is 1. The third-order valence-corrected chi connectivity index (χ3v) is 5.59. The fraction of sp³-hybridized carbons (Fsp3) is 0.409. The van der Waals surface area contributed by atoms with Crippen molar-refractivity contribution in [2.45, 2.75) is 53.2 Å². The molecule has 0 bridgehead atoms. The van der Waals surface area contributed by atoms with Crippen molar-refractivity contribution in [3.05, 3.63) is 53.6 Å². The van der Waals surface area contributed by atoms with Crippen LogP contribution in [0.4, 0.5) is 11.4 Å². The van der Waals surface area contributed by atoms with E-state index in [9.17, 15) is 13.2 Å². The molecule has 1 amide bonds.